The van der Waals surface area contributed by atoms with Crippen LogP contribution in [0.15, 0.2) is 48.5 Å². The van der Waals surface area contributed by atoms with Gasteiger partial charge >= 0.3 is 0 Å². The molecule has 0 atom stereocenters. The molecule has 3 heteroatoms. The Balaban J connectivity index is 0.000000146. The Hall–Kier alpha value is -1.16. The van der Waals surface area contributed by atoms with Crippen molar-refractivity contribution >= 4 is 15.9 Å². The monoisotopic (exact) mass is 402 g/mol. The van der Waals surface area contributed by atoms with Crippen LogP contribution in [0.25, 0.3) is 0 Å². The molecule has 2 saturated carbocycles. The van der Waals surface area contributed by atoms with Crippen LogP contribution in [0.4, 0.5) is 0 Å². The largest absolute Gasteiger partial charge is 0.385 e. The number of benzene rings is 2. The molecule has 0 spiro atoms. The predicted octanol–water partition coefficient (Wildman–Crippen LogP) is 5.32. The Kier molecular flexibility index (Phi) is 5.67. The molecule has 0 radical (unpaired) electrons. The van der Waals surface area contributed by atoms with E-state index in [1.807, 2.05) is 24.3 Å². The second-order valence-electron chi connectivity index (χ2n) is 7.47. The van der Waals surface area contributed by atoms with Crippen molar-refractivity contribution in [3.63, 3.8) is 0 Å². The first-order chi connectivity index (χ1) is 12.0. The summed E-state index contributed by atoms with van der Waals surface area (Å²) in [4.78, 5) is 0. The number of alkyl halides is 1. The van der Waals surface area contributed by atoms with Crippen LogP contribution >= 0.6 is 15.9 Å². The number of hydrogen-bond donors (Lipinski definition) is 2. The molecule has 2 aliphatic carbocycles. The molecule has 0 bridgehead atoms. The summed E-state index contributed by atoms with van der Waals surface area (Å²) in [6.07, 6.45) is 5.99. The minimum atomic E-state index is -0.509. The van der Waals surface area contributed by atoms with Crippen LogP contribution in [0.2, 0.25) is 0 Å². The van der Waals surface area contributed by atoms with E-state index in [0.29, 0.717) is 0 Å². The molecule has 2 fully saturated rings. The van der Waals surface area contributed by atoms with E-state index in [1.165, 1.54) is 11.1 Å². The first kappa shape index (κ1) is 18.6. The van der Waals surface area contributed by atoms with Gasteiger partial charge in [-0.1, -0.05) is 70.0 Å². The lowest BCUT2D eigenvalue weighted by molar-refractivity contribution is -0.0391. The topological polar surface area (TPSA) is 40.5 Å². The van der Waals surface area contributed by atoms with Gasteiger partial charge in [-0.3, -0.25) is 0 Å². The first-order valence-electron chi connectivity index (χ1n) is 9.12. The number of hydrogen-bond acceptors (Lipinski definition) is 2. The van der Waals surface area contributed by atoms with Gasteiger partial charge in [-0.15, -0.1) is 0 Å². The van der Waals surface area contributed by atoms with Crippen molar-refractivity contribution in [1.82, 2.24) is 0 Å². The number of aliphatic hydroxyl groups is 2. The van der Waals surface area contributed by atoms with Crippen molar-refractivity contribution in [2.75, 3.05) is 0 Å². The fraction of sp³-hybridized carbons (Fsp3) is 0.455. The molecule has 25 heavy (non-hydrogen) atoms. The predicted molar refractivity (Wildman–Crippen MR) is 106 cm³/mol. The van der Waals surface area contributed by atoms with Gasteiger partial charge in [0.2, 0.25) is 0 Å². The van der Waals surface area contributed by atoms with Crippen molar-refractivity contribution in [1.29, 1.82) is 0 Å². The van der Waals surface area contributed by atoms with Gasteiger partial charge in [0.05, 0.1) is 11.2 Å². The standard InChI is InChI=1S/C11H13BrO.C11H14O/c12-8-9-2-4-10(5-3-9)11(13)6-1-7-11;1-9-3-5-10(6-4-9)11(12)7-2-8-11/h2-5,13H,1,6-8H2;3-6,12H,2,7-8H2,1H3. The molecular weight excluding hydrogens is 376 g/mol. The summed E-state index contributed by atoms with van der Waals surface area (Å²) in [5, 5.41) is 20.9. The van der Waals surface area contributed by atoms with E-state index in [1.54, 1.807) is 0 Å². The van der Waals surface area contributed by atoms with Crippen molar-refractivity contribution < 1.29 is 10.2 Å². The minimum absolute atomic E-state index is 0.492. The van der Waals surface area contributed by atoms with Crippen molar-refractivity contribution in [2.45, 2.75) is 62.0 Å². The van der Waals surface area contributed by atoms with Gasteiger partial charge in [0, 0.05) is 5.33 Å². The Morgan fingerprint density at radius 2 is 1.16 bits per heavy atom. The maximum atomic E-state index is 10.0. The molecule has 2 nitrogen and oxygen atoms in total. The molecule has 0 amide bonds. The highest BCUT2D eigenvalue weighted by Gasteiger charge is 2.36. The smallest absolute Gasteiger partial charge is 0.0896 e. The van der Waals surface area contributed by atoms with Crippen molar-refractivity contribution in [3.05, 3.63) is 70.8 Å². The summed E-state index contributed by atoms with van der Waals surface area (Å²) >= 11 is 3.40. The molecule has 0 saturated heterocycles. The molecular formula is C22H27BrO2. The Morgan fingerprint density at radius 1 is 0.760 bits per heavy atom. The van der Waals surface area contributed by atoms with Crippen molar-refractivity contribution in [3.8, 4) is 0 Å². The van der Waals surface area contributed by atoms with Gasteiger partial charge in [0.15, 0.2) is 0 Å². The van der Waals surface area contributed by atoms with E-state index < -0.39 is 11.2 Å². The minimum Gasteiger partial charge on any atom is -0.385 e. The average Bonchev–Trinajstić information content (AvgIpc) is 2.59. The summed E-state index contributed by atoms with van der Waals surface area (Å²) in [5.41, 5.74) is 3.66. The molecule has 0 heterocycles. The molecule has 2 aromatic carbocycles. The fourth-order valence-corrected chi connectivity index (χ4v) is 3.74. The quantitative estimate of drug-likeness (QED) is 0.681. The van der Waals surface area contributed by atoms with Gasteiger partial charge in [0.1, 0.15) is 0 Å². The Morgan fingerprint density at radius 3 is 1.48 bits per heavy atom. The fourth-order valence-electron chi connectivity index (χ4n) is 3.37. The van der Waals surface area contributed by atoms with Crippen LogP contribution in [-0.2, 0) is 16.5 Å². The van der Waals surface area contributed by atoms with Gasteiger partial charge < -0.3 is 10.2 Å². The lowest BCUT2D eigenvalue weighted by Gasteiger charge is -2.37. The second-order valence-corrected chi connectivity index (χ2v) is 8.03. The van der Waals surface area contributed by atoms with Crippen LogP contribution in [0.3, 0.4) is 0 Å². The van der Waals surface area contributed by atoms with Crippen molar-refractivity contribution in [2.24, 2.45) is 0 Å². The average molecular weight is 403 g/mol. The van der Waals surface area contributed by atoms with Gasteiger partial charge in [-0.05, 0) is 62.1 Å². The summed E-state index contributed by atoms with van der Waals surface area (Å²) in [7, 11) is 0. The molecule has 0 unspecified atom stereocenters. The normalized spacial score (nSPS) is 19.8. The van der Waals surface area contributed by atoms with Crippen LogP contribution in [0, 0.1) is 6.92 Å². The van der Waals surface area contributed by atoms with E-state index in [4.69, 9.17) is 0 Å². The second kappa shape index (κ2) is 7.61. The van der Waals surface area contributed by atoms with Gasteiger partial charge in [-0.25, -0.2) is 0 Å². The van der Waals surface area contributed by atoms with E-state index >= 15 is 0 Å². The molecule has 4 rings (SSSR count). The van der Waals surface area contributed by atoms with E-state index in [-0.39, 0.29) is 0 Å². The molecule has 2 aromatic rings. The zero-order valence-electron chi connectivity index (χ0n) is 14.8. The molecule has 2 aliphatic rings. The highest BCUT2D eigenvalue weighted by Crippen LogP contribution is 2.41. The van der Waals surface area contributed by atoms with E-state index in [0.717, 1.165) is 55.0 Å². The molecule has 0 aliphatic heterocycles. The zero-order chi connectivity index (χ0) is 17.9. The summed E-state index contributed by atoms with van der Waals surface area (Å²) in [5.74, 6) is 0. The van der Waals surface area contributed by atoms with Gasteiger partial charge in [0.25, 0.3) is 0 Å². The highest BCUT2D eigenvalue weighted by atomic mass is 79.9. The maximum Gasteiger partial charge on any atom is 0.0896 e. The lowest BCUT2D eigenvalue weighted by atomic mass is 9.75. The molecule has 134 valence electrons. The third-order valence-electron chi connectivity index (χ3n) is 5.60. The third-order valence-corrected chi connectivity index (χ3v) is 6.24. The SMILES string of the molecule is Cc1ccc(C2(O)CCC2)cc1.OC1(c2ccc(CBr)cc2)CCC1. The number of halogens is 1. The lowest BCUT2D eigenvalue weighted by Crippen LogP contribution is -2.33. The third kappa shape index (κ3) is 4.16. The van der Waals surface area contributed by atoms with Gasteiger partial charge in [-0.2, -0.15) is 0 Å². The van der Waals surface area contributed by atoms with E-state index in [9.17, 15) is 10.2 Å². The number of rotatable bonds is 3. The molecule has 0 aromatic heterocycles. The Bertz CT molecular complexity index is 683. The van der Waals surface area contributed by atoms with Crippen LogP contribution in [0.1, 0.15) is 60.8 Å². The summed E-state index contributed by atoms with van der Waals surface area (Å²) < 4.78 is 0. The molecule has 2 N–H and O–H groups in total. The number of aryl methyl sites for hydroxylation is 1. The summed E-state index contributed by atoms with van der Waals surface area (Å²) in [6, 6.07) is 16.4. The van der Waals surface area contributed by atoms with Crippen LogP contribution < -0.4 is 0 Å². The zero-order valence-corrected chi connectivity index (χ0v) is 16.4. The highest BCUT2D eigenvalue weighted by molar-refractivity contribution is 9.08. The maximum absolute atomic E-state index is 10.0. The van der Waals surface area contributed by atoms with Crippen LogP contribution in [0.5, 0.6) is 0 Å². The van der Waals surface area contributed by atoms with Crippen LogP contribution in [-0.4, -0.2) is 10.2 Å². The summed E-state index contributed by atoms with van der Waals surface area (Å²) in [6.45, 7) is 2.06. The Labute approximate surface area is 159 Å². The van der Waals surface area contributed by atoms with E-state index in [2.05, 4.69) is 47.1 Å². The first-order valence-corrected chi connectivity index (χ1v) is 10.2.